The van der Waals surface area contributed by atoms with Crippen LogP contribution in [0.25, 0.3) is 10.9 Å². The van der Waals surface area contributed by atoms with Crippen molar-refractivity contribution in [3.63, 3.8) is 0 Å². The summed E-state index contributed by atoms with van der Waals surface area (Å²) >= 11 is 0. The normalized spacial score (nSPS) is 13.2. The monoisotopic (exact) mass is 432 g/mol. The maximum Gasteiger partial charge on any atom is 0.244 e. The number of hydrogen-bond acceptors (Lipinski definition) is 3. The van der Waals surface area contributed by atoms with Gasteiger partial charge in [0.05, 0.1) is 0 Å². The number of para-hydroxylation sites is 1. The number of anilines is 2. The number of carbonyl (C=O) groups excluding carboxylic acids is 3. The second-order valence-corrected chi connectivity index (χ2v) is 7.94. The molecule has 0 saturated carbocycles. The number of fused-ring (bicyclic) bond motifs is 2. The van der Waals surface area contributed by atoms with Crippen molar-refractivity contribution in [1.82, 2.24) is 9.47 Å². The van der Waals surface area contributed by atoms with Gasteiger partial charge in [0, 0.05) is 48.0 Å². The number of aromatic nitrogens is 1. The Morgan fingerprint density at radius 1 is 1.00 bits per heavy atom. The molecule has 7 heteroatoms. The quantitative estimate of drug-likeness (QED) is 0.622. The van der Waals surface area contributed by atoms with Crippen molar-refractivity contribution in [1.29, 1.82) is 0 Å². The molecule has 0 fully saturated rings. The zero-order valence-corrected chi connectivity index (χ0v) is 18.5. The summed E-state index contributed by atoms with van der Waals surface area (Å²) in [4.78, 5) is 40.9. The third kappa shape index (κ3) is 4.37. The summed E-state index contributed by atoms with van der Waals surface area (Å²) in [6, 6.07) is 15.3. The lowest BCUT2D eigenvalue weighted by Gasteiger charge is -2.28. The first-order valence-electron chi connectivity index (χ1n) is 11.0. The molecule has 1 aliphatic rings. The smallest absolute Gasteiger partial charge is 0.244 e. The number of nitrogens with one attached hydrogen (secondary N) is 1. The van der Waals surface area contributed by atoms with Crippen LogP contribution >= 0.6 is 0 Å². The molecule has 0 aliphatic carbocycles. The number of likely N-dealkylation sites (N-methyl/N-ethyl adjacent to an activating group) is 1. The molecule has 4 rings (SSSR count). The molecule has 7 nitrogen and oxygen atoms in total. The molecule has 0 unspecified atom stereocenters. The van der Waals surface area contributed by atoms with Gasteiger partial charge in [-0.2, -0.15) is 0 Å². The lowest BCUT2D eigenvalue weighted by molar-refractivity contribution is -0.131. The molecule has 1 aliphatic heterocycles. The van der Waals surface area contributed by atoms with Crippen molar-refractivity contribution in [2.24, 2.45) is 0 Å². The SMILES string of the molecule is CCN(CC)C(=O)Cn1ccc2cc(NC(=O)CN3C(=O)CCc4ccccc43)ccc21. The molecular formula is C25H28N4O3. The fourth-order valence-electron chi connectivity index (χ4n) is 4.25. The van der Waals surface area contributed by atoms with Crippen molar-refractivity contribution in [3.05, 3.63) is 60.3 Å². The molecular weight excluding hydrogens is 404 g/mol. The van der Waals surface area contributed by atoms with Gasteiger partial charge in [-0.05, 0) is 56.2 Å². The van der Waals surface area contributed by atoms with Crippen LogP contribution in [0.1, 0.15) is 25.8 Å². The Labute approximate surface area is 187 Å². The van der Waals surface area contributed by atoms with E-state index in [2.05, 4.69) is 5.32 Å². The molecule has 0 atom stereocenters. The lowest BCUT2D eigenvalue weighted by Crippen LogP contribution is -2.40. The van der Waals surface area contributed by atoms with Crippen molar-refractivity contribution in [2.75, 3.05) is 29.9 Å². The van der Waals surface area contributed by atoms with E-state index in [9.17, 15) is 14.4 Å². The summed E-state index contributed by atoms with van der Waals surface area (Å²) < 4.78 is 1.92. The van der Waals surface area contributed by atoms with Crippen LogP contribution in [0.15, 0.2) is 54.7 Å². The topological polar surface area (TPSA) is 74.7 Å². The van der Waals surface area contributed by atoms with Gasteiger partial charge in [0.15, 0.2) is 0 Å². The van der Waals surface area contributed by atoms with E-state index in [-0.39, 0.29) is 30.8 Å². The largest absolute Gasteiger partial charge is 0.342 e. The van der Waals surface area contributed by atoms with Crippen LogP contribution in [0.2, 0.25) is 0 Å². The Hall–Kier alpha value is -3.61. The average molecular weight is 433 g/mol. The number of hydrogen-bond donors (Lipinski definition) is 1. The lowest BCUT2D eigenvalue weighted by atomic mass is 10.0. The van der Waals surface area contributed by atoms with Gasteiger partial charge in [0.25, 0.3) is 0 Å². The molecule has 3 amide bonds. The van der Waals surface area contributed by atoms with E-state index >= 15 is 0 Å². The van der Waals surface area contributed by atoms with Crippen LogP contribution in [0.3, 0.4) is 0 Å². The first-order valence-corrected chi connectivity index (χ1v) is 11.0. The fourth-order valence-corrected chi connectivity index (χ4v) is 4.25. The number of benzene rings is 2. The highest BCUT2D eigenvalue weighted by atomic mass is 16.2. The van der Waals surface area contributed by atoms with Crippen LogP contribution in [-0.4, -0.2) is 46.8 Å². The summed E-state index contributed by atoms with van der Waals surface area (Å²) in [5, 5.41) is 3.84. The molecule has 0 saturated heterocycles. The van der Waals surface area contributed by atoms with Crippen LogP contribution in [-0.2, 0) is 27.3 Å². The predicted molar refractivity (Wildman–Crippen MR) is 126 cm³/mol. The van der Waals surface area contributed by atoms with Gasteiger partial charge >= 0.3 is 0 Å². The Morgan fingerprint density at radius 3 is 2.56 bits per heavy atom. The molecule has 2 aromatic carbocycles. The van der Waals surface area contributed by atoms with Gasteiger partial charge in [-0.25, -0.2) is 0 Å². The number of carbonyl (C=O) groups is 3. The van der Waals surface area contributed by atoms with Gasteiger partial charge in [0.2, 0.25) is 17.7 Å². The van der Waals surface area contributed by atoms with Crippen molar-refractivity contribution >= 4 is 40.0 Å². The summed E-state index contributed by atoms with van der Waals surface area (Å²) in [6.07, 6.45) is 3.01. The molecule has 1 N–H and O–H groups in total. The number of nitrogens with zero attached hydrogens (tertiary/aromatic N) is 3. The molecule has 0 radical (unpaired) electrons. The molecule has 2 heterocycles. The highest BCUT2D eigenvalue weighted by molar-refractivity contribution is 6.04. The van der Waals surface area contributed by atoms with Crippen LogP contribution in [0.5, 0.6) is 0 Å². The minimum atomic E-state index is -0.245. The summed E-state index contributed by atoms with van der Waals surface area (Å²) in [5.41, 5.74) is 3.49. The van der Waals surface area contributed by atoms with Crippen LogP contribution in [0.4, 0.5) is 11.4 Å². The summed E-state index contributed by atoms with van der Waals surface area (Å²) in [6.45, 7) is 5.59. The summed E-state index contributed by atoms with van der Waals surface area (Å²) in [5.74, 6) is -0.203. The molecule has 1 aromatic heterocycles. The standard InChI is InChI=1S/C25H28N4O3/c1-3-27(4-2)25(32)17-28-14-13-19-15-20(10-11-21(19)28)26-23(30)16-29-22-8-6-5-7-18(22)9-12-24(29)31/h5-8,10-11,13-15H,3-4,9,12,16-17H2,1-2H3,(H,26,30). The number of amides is 3. The second-order valence-electron chi connectivity index (χ2n) is 7.94. The van der Waals surface area contributed by atoms with Gasteiger partial charge in [-0.15, -0.1) is 0 Å². The van der Waals surface area contributed by atoms with E-state index in [4.69, 9.17) is 0 Å². The van der Waals surface area contributed by atoms with E-state index in [1.54, 1.807) is 9.80 Å². The van der Waals surface area contributed by atoms with E-state index in [1.807, 2.05) is 73.1 Å². The molecule has 0 spiro atoms. The maximum atomic E-state index is 12.7. The van der Waals surface area contributed by atoms with Crippen molar-refractivity contribution in [3.8, 4) is 0 Å². The van der Waals surface area contributed by atoms with Crippen LogP contribution < -0.4 is 10.2 Å². The highest BCUT2D eigenvalue weighted by Gasteiger charge is 2.25. The van der Waals surface area contributed by atoms with Gasteiger partial charge < -0.3 is 19.7 Å². The van der Waals surface area contributed by atoms with Crippen molar-refractivity contribution < 1.29 is 14.4 Å². The van der Waals surface area contributed by atoms with Crippen LogP contribution in [0, 0.1) is 0 Å². The second kappa shape index (κ2) is 9.26. The van der Waals surface area contributed by atoms with E-state index in [1.165, 1.54) is 0 Å². The third-order valence-corrected chi connectivity index (χ3v) is 5.97. The average Bonchev–Trinajstić information content (AvgIpc) is 3.18. The zero-order chi connectivity index (χ0) is 22.7. The number of aryl methyl sites for hydroxylation is 1. The predicted octanol–water partition coefficient (Wildman–Crippen LogP) is 3.43. The number of rotatable bonds is 7. The molecule has 166 valence electrons. The summed E-state index contributed by atoms with van der Waals surface area (Å²) in [7, 11) is 0. The minimum absolute atomic E-state index is 0.0206. The first-order chi connectivity index (χ1) is 15.5. The Kier molecular flexibility index (Phi) is 6.25. The Balaban J connectivity index is 1.45. The molecule has 32 heavy (non-hydrogen) atoms. The van der Waals surface area contributed by atoms with E-state index in [0.717, 1.165) is 22.2 Å². The van der Waals surface area contributed by atoms with Crippen molar-refractivity contribution in [2.45, 2.75) is 33.2 Å². The third-order valence-electron chi connectivity index (χ3n) is 5.97. The zero-order valence-electron chi connectivity index (χ0n) is 18.5. The Morgan fingerprint density at radius 2 is 1.78 bits per heavy atom. The maximum absolute atomic E-state index is 12.7. The van der Waals surface area contributed by atoms with E-state index in [0.29, 0.717) is 31.6 Å². The highest BCUT2D eigenvalue weighted by Crippen LogP contribution is 2.27. The fraction of sp³-hybridized carbons (Fsp3) is 0.320. The van der Waals surface area contributed by atoms with Gasteiger partial charge in [0.1, 0.15) is 13.1 Å². The van der Waals surface area contributed by atoms with E-state index < -0.39 is 0 Å². The first kappa shape index (κ1) is 21.6. The van der Waals surface area contributed by atoms with Gasteiger partial charge in [-0.1, -0.05) is 18.2 Å². The molecule has 3 aromatic rings. The Bertz CT molecular complexity index is 1160. The van der Waals surface area contributed by atoms with Gasteiger partial charge in [-0.3, -0.25) is 14.4 Å². The molecule has 0 bridgehead atoms. The minimum Gasteiger partial charge on any atom is -0.342 e.